The van der Waals surface area contributed by atoms with Crippen molar-refractivity contribution in [3.8, 4) is 0 Å². The summed E-state index contributed by atoms with van der Waals surface area (Å²) < 4.78 is 0. The molecule has 0 saturated carbocycles. The van der Waals surface area contributed by atoms with Crippen LogP contribution in [0.15, 0.2) is 24.2 Å². The summed E-state index contributed by atoms with van der Waals surface area (Å²) in [6.07, 6.45) is 13.8. The number of carbonyl (C=O) groups is 1. The molecule has 0 spiro atoms. The highest BCUT2D eigenvalue weighted by Gasteiger charge is 2.28. The average molecular weight is 413 g/mol. The molecule has 164 valence electrons. The molecule has 3 aliphatic rings. The highest BCUT2D eigenvalue weighted by molar-refractivity contribution is 5.79. The van der Waals surface area contributed by atoms with Gasteiger partial charge >= 0.3 is 0 Å². The molecular weight excluding hydrogens is 376 g/mol. The maximum Gasteiger partial charge on any atom is 0.223 e. The number of nitrogens with one attached hydrogen (secondary N) is 1. The van der Waals surface area contributed by atoms with Crippen molar-refractivity contribution in [2.24, 2.45) is 5.92 Å². The van der Waals surface area contributed by atoms with Gasteiger partial charge in [-0.2, -0.15) is 0 Å². The molecule has 7 nitrogen and oxygen atoms in total. The number of allylic oxidation sites excluding steroid dienone is 1. The molecule has 30 heavy (non-hydrogen) atoms. The Morgan fingerprint density at radius 1 is 1.10 bits per heavy atom. The van der Waals surface area contributed by atoms with Crippen LogP contribution in [0.2, 0.25) is 0 Å². The topological polar surface area (TPSA) is 64.6 Å². The second-order valence-electron chi connectivity index (χ2n) is 8.93. The fraction of sp³-hybridized carbons (Fsp3) is 0.696. The third kappa shape index (κ3) is 5.31. The van der Waals surface area contributed by atoms with E-state index in [2.05, 4.69) is 43.1 Å². The molecule has 0 aromatic carbocycles. The van der Waals surface area contributed by atoms with E-state index in [1.54, 1.807) is 6.33 Å². The molecule has 1 amide bonds. The Hall–Kier alpha value is -2.15. The van der Waals surface area contributed by atoms with E-state index in [0.29, 0.717) is 0 Å². The minimum atomic E-state index is 0.123. The predicted octanol–water partition coefficient (Wildman–Crippen LogP) is 2.45. The first-order chi connectivity index (χ1) is 14.7. The lowest BCUT2D eigenvalue weighted by atomic mass is 9.95. The van der Waals surface area contributed by atoms with Gasteiger partial charge in [0.2, 0.25) is 5.91 Å². The van der Waals surface area contributed by atoms with Crippen LogP contribution in [-0.4, -0.2) is 73.6 Å². The summed E-state index contributed by atoms with van der Waals surface area (Å²) in [7, 11) is 2.17. The van der Waals surface area contributed by atoms with Crippen molar-refractivity contribution in [1.82, 2.24) is 20.2 Å². The number of piperazine rings is 1. The summed E-state index contributed by atoms with van der Waals surface area (Å²) in [4.78, 5) is 28.6. The number of anilines is 2. The highest BCUT2D eigenvalue weighted by Crippen LogP contribution is 2.30. The molecule has 0 radical (unpaired) electrons. The Morgan fingerprint density at radius 3 is 2.63 bits per heavy atom. The van der Waals surface area contributed by atoms with Gasteiger partial charge in [-0.05, 0) is 52.0 Å². The number of carbonyl (C=O) groups excluding carboxylic acids is 1. The van der Waals surface area contributed by atoms with Crippen LogP contribution in [0.1, 0.15) is 44.9 Å². The van der Waals surface area contributed by atoms with Crippen LogP contribution in [0, 0.1) is 5.92 Å². The maximum atomic E-state index is 12.6. The Kier molecular flexibility index (Phi) is 7.20. The standard InChI is InChI=1S/C23H36N6O/c1-27-13-15-29(16-14-27)22-21(17-24-18-26-22)28-11-8-20(9-12-28)23(30)25-10-7-19-5-3-2-4-6-19/h5,17-18,20H,2-4,6-16H2,1H3,(H,25,30). The van der Waals surface area contributed by atoms with Crippen molar-refractivity contribution < 1.29 is 4.79 Å². The zero-order chi connectivity index (χ0) is 20.8. The first-order valence-electron chi connectivity index (χ1n) is 11.6. The van der Waals surface area contributed by atoms with Crippen molar-refractivity contribution >= 4 is 17.4 Å². The van der Waals surface area contributed by atoms with Gasteiger partial charge in [-0.15, -0.1) is 0 Å². The monoisotopic (exact) mass is 412 g/mol. The largest absolute Gasteiger partial charge is 0.367 e. The first kappa shape index (κ1) is 21.1. The number of rotatable bonds is 6. The Balaban J connectivity index is 1.27. The number of hydrogen-bond donors (Lipinski definition) is 1. The van der Waals surface area contributed by atoms with Crippen LogP contribution >= 0.6 is 0 Å². The molecule has 2 fully saturated rings. The summed E-state index contributed by atoms with van der Waals surface area (Å²) >= 11 is 0. The van der Waals surface area contributed by atoms with Crippen LogP contribution in [-0.2, 0) is 4.79 Å². The van der Waals surface area contributed by atoms with Crippen LogP contribution in [0.5, 0.6) is 0 Å². The number of amides is 1. The summed E-state index contributed by atoms with van der Waals surface area (Å²) in [6, 6.07) is 0. The van der Waals surface area contributed by atoms with E-state index in [9.17, 15) is 4.79 Å². The SMILES string of the molecule is CN1CCN(c2ncncc2N2CCC(C(=O)NCCC3=CCCCC3)CC2)CC1. The second-order valence-corrected chi connectivity index (χ2v) is 8.93. The van der Waals surface area contributed by atoms with Gasteiger partial charge in [0.15, 0.2) is 5.82 Å². The lowest BCUT2D eigenvalue weighted by Crippen LogP contribution is -2.46. The molecule has 0 unspecified atom stereocenters. The van der Waals surface area contributed by atoms with E-state index in [0.717, 1.165) is 76.6 Å². The normalized spacial score (nSPS) is 21.4. The minimum Gasteiger partial charge on any atom is -0.367 e. The summed E-state index contributed by atoms with van der Waals surface area (Å²) in [6.45, 7) is 6.66. The summed E-state index contributed by atoms with van der Waals surface area (Å²) in [5, 5.41) is 3.19. The smallest absolute Gasteiger partial charge is 0.223 e. The van der Waals surface area contributed by atoms with Gasteiger partial charge < -0.3 is 20.0 Å². The zero-order valence-electron chi connectivity index (χ0n) is 18.4. The number of aromatic nitrogens is 2. The minimum absolute atomic E-state index is 0.123. The van der Waals surface area contributed by atoms with Gasteiger partial charge in [0, 0.05) is 51.7 Å². The van der Waals surface area contributed by atoms with Crippen LogP contribution in [0.25, 0.3) is 0 Å². The van der Waals surface area contributed by atoms with E-state index in [1.807, 2.05) is 6.20 Å². The fourth-order valence-corrected chi connectivity index (χ4v) is 4.81. The molecule has 1 aliphatic carbocycles. The van der Waals surface area contributed by atoms with E-state index in [4.69, 9.17) is 0 Å². The molecule has 2 saturated heterocycles. The molecule has 7 heteroatoms. The number of hydrogen-bond acceptors (Lipinski definition) is 6. The van der Waals surface area contributed by atoms with E-state index in [-0.39, 0.29) is 11.8 Å². The molecule has 0 atom stereocenters. The molecule has 4 rings (SSSR count). The van der Waals surface area contributed by atoms with E-state index >= 15 is 0 Å². The van der Waals surface area contributed by atoms with Crippen LogP contribution in [0.4, 0.5) is 11.5 Å². The lowest BCUT2D eigenvalue weighted by molar-refractivity contribution is -0.125. The fourth-order valence-electron chi connectivity index (χ4n) is 4.81. The van der Waals surface area contributed by atoms with Crippen molar-refractivity contribution in [2.75, 3.05) is 62.7 Å². The quantitative estimate of drug-likeness (QED) is 0.724. The van der Waals surface area contributed by atoms with E-state index < -0.39 is 0 Å². The van der Waals surface area contributed by atoms with Crippen molar-refractivity contribution in [3.05, 3.63) is 24.2 Å². The lowest BCUT2D eigenvalue weighted by Gasteiger charge is -2.38. The molecule has 1 aromatic heterocycles. The Labute approximate surface area is 180 Å². The molecular formula is C23H36N6O. The molecule has 2 aliphatic heterocycles. The van der Waals surface area contributed by atoms with Gasteiger partial charge in [0.25, 0.3) is 0 Å². The Bertz CT molecular complexity index is 735. The molecule has 3 heterocycles. The number of likely N-dealkylation sites (N-methyl/N-ethyl adjacent to an activating group) is 1. The van der Waals surface area contributed by atoms with Crippen molar-refractivity contribution in [2.45, 2.75) is 44.9 Å². The van der Waals surface area contributed by atoms with E-state index in [1.165, 1.54) is 31.3 Å². The Morgan fingerprint density at radius 2 is 1.90 bits per heavy atom. The van der Waals surface area contributed by atoms with Gasteiger partial charge in [-0.25, -0.2) is 9.97 Å². The zero-order valence-corrected chi connectivity index (χ0v) is 18.4. The maximum absolute atomic E-state index is 12.6. The van der Waals surface area contributed by atoms with Gasteiger partial charge in [-0.3, -0.25) is 4.79 Å². The highest BCUT2D eigenvalue weighted by atomic mass is 16.1. The molecule has 0 bridgehead atoms. The first-order valence-corrected chi connectivity index (χ1v) is 11.6. The number of piperidine rings is 1. The van der Waals surface area contributed by atoms with Gasteiger partial charge in [-0.1, -0.05) is 11.6 Å². The van der Waals surface area contributed by atoms with Crippen LogP contribution < -0.4 is 15.1 Å². The van der Waals surface area contributed by atoms with Crippen molar-refractivity contribution in [1.29, 1.82) is 0 Å². The third-order valence-electron chi connectivity index (χ3n) is 6.81. The van der Waals surface area contributed by atoms with Crippen LogP contribution in [0.3, 0.4) is 0 Å². The second kappa shape index (κ2) is 10.2. The third-order valence-corrected chi connectivity index (χ3v) is 6.81. The summed E-state index contributed by atoms with van der Waals surface area (Å²) in [5.74, 6) is 1.40. The average Bonchev–Trinajstić information content (AvgIpc) is 2.80. The molecule has 1 N–H and O–H groups in total. The van der Waals surface area contributed by atoms with Gasteiger partial charge in [0.1, 0.15) is 6.33 Å². The van der Waals surface area contributed by atoms with Crippen molar-refractivity contribution in [3.63, 3.8) is 0 Å². The molecule has 1 aromatic rings. The van der Waals surface area contributed by atoms with Gasteiger partial charge in [0.05, 0.1) is 11.9 Å². The number of nitrogens with zero attached hydrogens (tertiary/aromatic N) is 5. The predicted molar refractivity (Wildman–Crippen MR) is 121 cm³/mol. The summed E-state index contributed by atoms with van der Waals surface area (Å²) in [5.41, 5.74) is 2.64.